The smallest absolute Gasteiger partial charge is 0.390 e. The van der Waals surface area contributed by atoms with Crippen molar-refractivity contribution < 1.29 is 24.7 Å². The topological polar surface area (TPSA) is 282 Å². The molecule has 0 aliphatic heterocycles. The van der Waals surface area contributed by atoms with E-state index in [1.54, 1.807) is 0 Å². The fourth-order valence-electron chi connectivity index (χ4n) is 1.12. The summed E-state index contributed by atoms with van der Waals surface area (Å²) in [4.78, 5) is 41.2. The van der Waals surface area contributed by atoms with E-state index in [0.29, 0.717) is 0 Å². The lowest BCUT2D eigenvalue weighted by Gasteiger charge is -2.00. The first-order valence-electron chi connectivity index (χ1n) is 5.28. The van der Waals surface area contributed by atoms with Crippen molar-refractivity contribution in [1.82, 2.24) is 10.4 Å². The minimum atomic E-state index is -1.98. The van der Waals surface area contributed by atoms with E-state index in [2.05, 4.69) is 15.9 Å². The van der Waals surface area contributed by atoms with E-state index in [1.165, 1.54) is 0 Å². The number of hydrazone groups is 1. The fraction of sp³-hybridized carbons (Fsp3) is 0. The van der Waals surface area contributed by atoms with E-state index in [-0.39, 0.29) is 12.0 Å². The number of hydrogen-bond acceptors (Lipinski definition) is 11. The number of nitrogens with two attached hydrogens (primary N) is 3. The van der Waals surface area contributed by atoms with E-state index in [1.807, 2.05) is 5.43 Å². The predicted octanol–water partition coefficient (Wildman–Crippen LogP) is -1.86. The van der Waals surface area contributed by atoms with Gasteiger partial charge in [0.1, 0.15) is 6.07 Å². The summed E-state index contributed by atoms with van der Waals surface area (Å²) in [5.74, 6) is 4.71. The van der Waals surface area contributed by atoms with Crippen LogP contribution in [0.1, 0.15) is 10.4 Å². The molecule has 130 valence electrons. The van der Waals surface area contributed by atoms with Crippen LogP contribution < -0.4 is 22.8 Å². The summed E-state index contributed by atoms with van der Waals surface area (Å²) in [7, 11) is 0. The van der Waals surface area contributed by atoms with Crippen LogP contribution in [0.2, 0.25) is 0 Å². The minimum Gasteiger partial charge on any atom is -0.477 e. The summed E-state index contributed by atoms with van der Waals surface area (Å²) in [6, 6.07) is 0.246. The maximum Gasteiger partial charge on any atom is 0.390 e. The number of hydrogen-bond donors (Lipinski definition) is 5. The van der Waals surface area contributed by atoms with E-state index in [0.717, 1.165) is 0 Å². The van der Waals surface area contributed by atoms with E-state index in [9.17, 15) is 35.1 Å². The van der Waals surface area contributed by atoms with Crippen LogP contribution in [0.15, 0.2) is 11.2 Å². The van der Waals surface area contributed by atoms with Gasteiger partial charge in [-0.05, 0) is 9.85 Å². The molecular weight excluding hydrogens is 338 g/mol. The van der Waals surface area contributed by atoms with Crippen LogP contribution >= 0.6 is 0 Å². The van der Waals surface area contributed by atoms with Crippen LogP contribution in [-0.4, -0.2) is 36.8 Å². The van der Waals surface area contributed by atoms with Gasteiger partial charge in [0.15, 0.2) is 0 Å². The number of aromatic carboxylic acids is 1. The van der Waals surface area contributed by atoms with Crippen LogP contribution in [0.4, 0.5) is 17.3 Å². The number of aromatic nitrogens is 1. The molecule has 0 radical (unpaired) electrons. The van der Waals surface area contributed by atoms with Gasteiger partial charge in [-0.2, -0.15) is 0 Å². The first-order valence-corrected chi connectivity index (χ1v) is 5.28. The predicted molar refractivity (Wildman–Crippen MR) is 74.3 cm³/mol. The molecule has 1 heterocycles. The van der Waals surface area contributed by atoms with Crippen LogP contribution in [-0.2, 0) is 0 Å². The third kappa shape index (κ3) is 5.00. The summed E-state index contributed by atoms with van der Waals surface area (Å²) >= 11 is 0. The molecule has 0 spiro atoms. The Hall–Kier alpha value is -4.15. The number of carboxylic acids is 1. The average molecular weight is 347 g/mol. The summed E-state index contributed by atoms with van der Waals surface area (Å²) in [6.07, 6.45) is 0. The lowest BCUT2D eigenvalue weighted by Crippen LogP contribution is -2.37. The molecule has 0 bridgehead atoms. The standard InChI is InChI=1S/C6H2N4O8.CH7N5/c11-6(12)4-2(8(13)14)1-3(9(15)16)7-5(4)10(17)18;2-1(5-3)6-4/h1H,(H,11,12);3-4H2,(H3,2,5,6). The van der Waals surface area contributed by atoms with Crippen molar-refractivity contribution in [3.05, 3.63) is 42.0 Å². The molecule has 24 heavy (non-hydrogen) atoms. The number of rotatable bonds is 4. The van der Waals surface area contributed by atoms with Gasteiger partial charge in [0.2, 0.25) is 11.5 Å². The normalized spacial score (nSPS) is 10.1. The average Bonchev–Trinajstić information content (AvgIpc) is 2.52. The van der Waals surface area contributed by atoms with Crippen molar-refractivity contribution >= 4 is 29.3 Å². The molecule has 1 rings (SSSR count). The maximum absolute atomic E-state index is 10.7. The fourth-order valence-corrected chi connectivity index (χ4v) is 1.12. The van der Waals surface area contributed by atoms with Crippen molar-refractivity contribution in [3.8, 4) is 0 Å². The highest BCUT2D eigenvalue weighted by Crippen LogP contribution is 2.30. The summed E-state index contributed by atoms with van der Waals surface area (Å²) < 4.78 is 0. The second-order valence-electron chi connectivity index (χ2n) is 3.43. The molecular formula is C7H9N9O8. The van der Waals surface area contributed by atoms with Crippen LogP contribution in [0.3, 0.4) is 0 Å². The lowest BCUT2D eigenvalue weighted by molar-refractivity contribution is -0.410. The second kappa shape index (κ2) is 8.33. The van der Waals surface area contributed by atoms with Gasteiger partial charge in [0.25, 0.3) is 0 Å². The molecule has 0 fully saturated rings. The van der Waals surface area contributed by atoms with Crippen molar-refractivity contribution in [2.75, 3.05) is 0 Å². The van der Waals surface area contributed by atoms with Crippen molar-refractivity contribution in [2.45, 2.75) is 0 Å². The van der Waals surface area contributed by atoms with Gasteiger partial charge in [-0.25, -0.2) is 10.6 Å². The molecule has 1 aromatic rings. The van der Waals surface area contributed by atoms with Crippen molar-refractivity contribution in [2.24, 2.45) is 22.5 Å². The third-order valence-electron chi connectivity index (χ3n) is 2.02. The number of nitro groups is 3. The largest absolute Gasteiger partial charge is 0.477 e. The van der Waals surface area contributed by atoms with Crippen LogP contribution in [0.25, 0.3) is 0 Å². The zero-order valence-corrected chi connectivity index (χ0v) is 11.4. The third-order valence-corrected chi connectivity index (χ3v) is 2.02. The number of nitrogens with zero attached hydrogens (tertiary/aromatic N) is 5. The van der Waals surface area contributed by atoms with E-state index >= 15 is 0 Å². The molecule has 0 saturated heterocycles. The molecule has 0 atom stereocenters. The SMILES string of the molecule is NN=C(N)NN.O=C(O)c1c([N+](=O)[O-])cc([N+](=O)[O-])nc1[N+](=O)[O-]. The Morgan fingerprint density at radius 3 is 2.00 bits per heavy atom. The minimum absolute atomic E-state index is 0.0231. The maximum atomic E-state index is 10.7. The highest BCUT2D eigenvalue weighted by molar-refractivity contribution is 5.96. The Labute approximate surface area is 130 Å². The van der Waals surface area contributed by atoms with E-state index < -0.39 is 43.6 Å². The molecule has 8 N–H and O–H groups in total. The van der Waals surface area contributed by atoms with Gasteiger partial charge >= 0.3 is 23.3 Å². The molecule has 0 saturated carbocycles. The van der Waals surface area contributed by atoms with Gasteiger partial charge in [0, 0.05) is 4.98 Å². The quantitative estimate of drug-likeness (QED) is 0.131. The van der Waals surface area contributed by atoms with Crippen LogP contribution in [0, 0.1) is 30.3 Å². The van der Waals surface area contributed by atoms with Gasteiger partial charge < -0.3 is 36.9 Å². The first-order chi connectivity index (χ1) is 11.1. The lowest BCUT2D eigenvalue weighted by atomic mass is 10.2. The zero-order chi connectivity index (χ0) is 19.0. The molecule has 0 unspecified atom stereocenters. The van der Waals surface area contributed by atoms with Crippen molar-refractivity contribution in [3.63, 3.8) is 0 Å². The molecule has 0 aliphatic rings. The molecule has 17 heteroatoms. The van der Waals surface area contributed by atoms with Crippen molar-refractivity contribution in [1.29, 1.82) is 0 Å². The molecule has 17 nitrogen and oxygen atoms in total. The first kappa shape index (κ1) is 19.9. The number of hydrazine groups is 1. The van der Waals surface area contributed by atoms with E-state index in [4.69, 9.17) is 16.7 Å². The Morgan fingerprint density at radius 2 is 1.75 bits per heavy atom. The Kier molecular flexibility index (Phi) is 6.89. The van der Waals surface area contributed by atoms with Gasteiger partial charge in [-0.3, -0.25) is 15.5 Å². The number of guanidine groups is 1. The van der Waals surface area contributed by atoms with Gasteiger partial charge in [0.05, 0.1) is 4.92 Å². The van der Waals surface area contributed by atoms with Gasteiger partial charge in [-0.1, -0.05) is 0 Å². The Morgan fingerprint density at radius 1 is 1.21 bits per heavy atom. The highest BCUT2D eigenvalue weighted by atomic mass is 16.6. The molecule has 0 amide bonds. The summed E-state index contributed by atoms with van der Waals surface area (Å²) in [5, 5.41) is 43.1. The molecule has 1 aromatic heterocycles. The molecule has 0 aromatic carbocycles. The second-order valence-corrected chi connectivity index (χ2v) is 3.43. The number of pyridine rings is 1. The number of nitrogens with one attached hydrogen (secondary N) is 1. The number of carboxylic acid groups (broad SMARTS) is 1. The van der Waals surface area contributed by atoms with Crippen LogP contribution in [0.5, 0.6) is 0 Å². The summed E-state index contributed by atoms with van der Waals surface area (Å²) in [6.45, 7) is 0. The summed E-state index contributed by atoms with van der Waals surface area (Å²) in [5.41, 5.74) is 4.30. The Balaban J connectivity index is 0.000000754. The van der Waals surface area contributed by atoms with Gasteiger partial charge in [-0.15, -0.1) is 5.10 Å². The monoisotopic (exact) mass is 347 g/mol. The Bertz CT molecular complexity index is 681. The zero-order valence-electron chi connectivity index (χ0n) is 11.4. The highest BCUT2D eigenvalue weighted by Gasteiger charge is 2.36. The number of carbonyl (C=O) groups is 1. The molecule has 0 aliphatic carbocycles.